The van der Waals surface area contributed by atoms with E-state index in [9.17, 15) is 18.0 Å². The lowest BCUT2D eigenvalue weighted by atomic mass is 10.2. The van der Waals surface area contributed by atoms with E-state index < -0.39 is 34.4 Å². The second-order valence-corrected chi connectivity index (χ2v) is 4.78. The predicted octanol–water partition coefficient (Wildman–Crippen LogP) is -1.98. The third-order valence-corrected chi connectivity index (χ3v) is 3.16. The number of H-pyrrole nitrogens is 1. The molecule has 0 bridgehead atoms. The molecule has 94 valence electrons. The highest BCUT2D eigenvalue weighted by molar-refractivity contribution is 7.89. The Labute approximate surface area is 96.1 Å². The lowest BCUT2D eigenvalue weighted by Crippen LogP contribution is -2.43. The summed E-state index contributed by atoms with van der Waals surface area (Å²) >= 11 is 0. The van der Waals surface area contributed by atoms with Crippen molar-refractivity contribution in [1.82, 2.24) is 14.7 Å². The molecule has 0 radical (unpaired) electrons. The number of primary amides is 1. The van der Waals surface area contributed by atoms with Crippen LogP contribution in [0.5, 0.6) is 0 Å². The summed E-state index contributed by atoms with van der Waals surface area (Å²) in [7, 11) is -4.06. The summed E-state index contributed by atoms with van der Waals surface area (Å²) < 4.78 is 25.0. The van der Waals surface area contributed by atoms with Crippen LogP contribution >= 0.6 is 0 Å². The van der Waals surface area contributed by atoms with Crippen LogP contribution in [0.2, 0.25) is 0 Å². The summed E-state index contributed by atoms with van der Waals surface area (Å²) in [5.74, 6) is -2.42. The van der Waals surface area contributed by atoms with Gasteiger partial charge in [-0.05, 0) is 0 Å². The van der Waals surface area contributed by atoms with Gasteiger partial charge < -0.3 is 15.8 Å². The van der Waals surface area contributed by atoms with Gasteiger partial charge in [-0.3, -0.25) is 9.59 Å². The third kappa shape index (κ3) is 3.53. The minimum atomic E-state index is -4.06. The van der Waals surface area contributed by atoms with Crippen LogP contribution < -0.4 is 10.5 Å². The number of aliphatic carboxylic acids is 1. The number of hydrogen-bond acceptors (Lipinski definition) is 5. The van der Waals surface area contributed by atoms with Crippen molar-refractivity contribution in [2.45, 2.75) is 17.5 Å². The first kappa shape index (κ1) is 13.1. The van der Waals surface area contributed by atoms with E-state index >= 15 is 0 Å². The molecule has 0 saturated heterocycles. The fraction of sp³-hybridized carbons (Fsp3) is 0.286. The van der Waals surface area contributed by atoms with Crippen LogP contribution in [-0.2, 0) is 19.6 Å². The Balaban J connectivity index is 2.87. The number of nitrogens with one attached hydrogen (secondary N) is 2. The van der Waals surface area contributed by atoms with E-state index in [1.807, 2.05) is 4.72 Å². The highest BCUT2D eigenvalue weighted by Crippen LogP contribution is 2.05. The second kappa shape index (κ2) is 4.93. The van der Waals surface area contributed by atoms with Crippen LogP contribution in [-0.4, -0.2) is 41.4 Å². The van der Waals surface area contributed by atoms with Crippen molar-refractivity contribution < 1.29 is 23.1 Å². The van der Waals surface area contributed by atoms with E-state index in [1.54, 1.807) is 0 Å². The van der Waals surface area contributed by atoms with Gasteiger partial charge in [-0.1, -0.05) is 0 Å². The molecule has 5 N–H and O–H groups in total. The van der Waals surface area contributed by atoms with Crippen LogP contribution in [0.3, 0.4) is 0 Å². The van der Waals surface area contributed by atoms with Crippen LogP contribution in [0.25, 0.3) is 0 Å². The summed E-state index contributed by atoms with van der Waals surface area (Å²) in [5, 5.41) is 8.42. The number of carbonyl (C=O) groups excluding carboxylic acids is 1. The molecule has 1 amide bonds. The minimum Gasteiger partial charge on any atom is -0.480 e. The Morgan fingerprint density at radius 1 is 1.59 bits per heavy atom. The average Bonchev–Trinajstić information content (AvgIpc) is 2.68. The van der Waals surface area contributed by atoms with Crippen molar-refractivity contribution in [3.05, 3.63) is 12.5 Å². The van der Waals surface area contributed by atoms with Crippen LogP contribution in [0.1, 0.15) is 6.42 Å². The van der Waals surface area contributed by atoms with Crippen molar-refractivity contribution in [3.63, 3.8) is 0 Å². The zero-order chi connectivity index (χ0) is 13.1. The zero-order valence-electron chi connectivity index (χ0n) is 8.45. The van der Waals surface area contributed by atoms with Gasteiger partial charge in [0.25, 0.3) is 10.0 Å². The number of nitrogens with zero attached hydrogens (tertiary/aromatic N) is 1. The molecule has 9 nitrogen and oxygen atoms in total. The SMILES string of the molecule is NC(=O)C[C@H](NS(=O)(=O)c1cnc[nH]1)C(=O)O. The molecule has 1 heterocycles. The molecular formula is C7H10N4O5S. The van der Waals surface area contributed by atoms with E-state index in [-0.39, 0.29) is 5.03 Å². The Bertz CT molecular complexity index is 508. The van der Waals surface area contributed by atoms with Gasteiger partial charge in [-0.15, -0.1) is 0 Å². The van der Waals surface area contributed by atoms with E-state index in [1.165, 1.54) is 0 Å². The number of hydrogen-bond donors (Lipinski definition) is 4. The topological polar surface area (TPSA) is 155 Å². The lowest BCUT2D eigenvalue weighted by Gasteiger charge is -2.11. The molecular weight excluding hydrogens is 252 g/mol. The molecule has 17 heavy (non-hydrogen) atoms. The molecule has 1 aromatic heterocycles. The van der Waals surface area contributed by atoms with E-state index in [0.29, 0.717) is 0 Å². The van der Waals surface area contributed by atoms with E-state index in [0.717, 1.165) is 12.5 Å². The molecule has 10 heteroatoms. The van der Waals surface area contributed by atoms with Gasteiger partial charge in [0.15, 0.2) is 5.03 Å². The molecule has 0 saturated carbocycles. The molecule has 1 atom stereocenters. The van der Waals surface area contributed by atoms with Crippen LogP contribution in [0.4, 0.5) is 0 Å². The molecule has 0 fully saturated rings. The molecule has 0 unspecified atom stereocenters. The number of imidazole rings is 1. The fourth-order valence-corrected chi connectivity index (χ4v) is 2.11. The number of carboxylic acids is 1. The number of carboxylic acid groups (broad SMARTS) is 1. The molecule has 1 rings (SSSR count). The molecule has 0 aliphatic rings. The predicted molar refractivity (Wildman–Crippen MR) is 54.1 cm³/mol. The first-order valence-electron chi connectivity index (χ1n) is 4.35. The molecule has 0 aliphatic heterocycles. The zero-order valence-corrected chi connectivity index (χ0v) is 9.27. The Hall–Kier alpha value is -1.94. The fourth-order valence-electron chi connectivity index (χ4n) is 1.02. The maximum atomic E-state index is 11.6. The third-order valence-electron chi connectivity index (χ3n) is 1.76. The van der Waals surface area contributed by atoms with Crippen molar-refractivity contribution in [2.75, 3.05) is 0 Å². The summed E-state index contributed by atoms with van der Waals surface area (Å²) in [6.45, 7) is 0. The van der Waals surface area contributed by atoms with Gasteiger partial charge in [0, 0.05) is 0 Å². The van der Waals surface area contributed by atoms with Gasteiger partial charge in [0.1, 0.15) is 6.04 Å². The Kier molecular flexibility index (Phi) is 3.81. The van der Waals surface area contributed by atoms with Crippen LogP contribution in [0, 0.1) is 0 Å². The minimum absolute atomic E-state index is 0.298. The number of sulfonamides is 1. The van der Waals surface area contributed by atoms with Gasteiger partial charge >= 0.3 is 5.97 Å². The number of rotatable bonds is 6. The van der Waals surface area contributed by atoms with Crippen molar-refractivity contribution in [1.29, 1.82) is 0 Å². The smallest absolute Gasteiger partial charge is 0.322 e. The highest BCUT2D eigenvalue weighted by Gasteiger charge is 2.27. The number of nitrogens with two attached hydrogens (primary N) is 1. The van der Waals surface area contributed by atoms with Crippen LogP contribution in [0.15, 0.2) is 17.6 Å². The Morgan fingerprint density at radius 3 is 2.65 bits per heavy atom. The number of carbonyl (C=O) groups is 2. The van der Waals surface area contributed by atoms with Gasteiger partial charge in [0.05, 0.1) is 18.9 Å². The summed E-state index contributed by atoms with van der Waals surface area (Å²) in [5.41, 5.74) is 4.81. The number of amides is 1. The molecule has 0 spiro atoms. The molecule has 1 aromatic rings. The quantitative estimate of drug-likeness (QED) is 0.465. The van der Waals surface area contributed by atoms with E-state index in [4.69, 9.17) is 10.8 Å². The number of aromatic amines is 1. The average molecular weight is 262 g/mol. The summed E-state index contributed by atoms with van der Waals surface area (Å²) in [6, 6.07) is -1.61. The normalized spacial score (nSPS) is 13.2. The molecule has 0 aliphatic carbocycles. The first-order valence-corrected chi connectivity index (χ1v) is 5.83. The van der Waals surface area contributed by atoms with Gasteiger partial charge in [-0.25, -0.2) is 13.4 Å². The maximum absolute atomic E-state index is 11.6. The lowest BCUT2D eigenvalue weighted by molar-refractivity contribution is -0.140. The second-order valence-electron chi connectivity index (χ2n) is 3.10. The summed E-state index contributed by atoms with van der Waals surface area (Å²) in [6.07, 6.45) is 1.49. The van der Waals surface area contributed by atoms with Gasteiger partial charge in [-0.2, -0.15) is 4.72 Å². The van der Waals surface area contributed by atoms with Gasteiger partial charge in [0.2, 0.25) is 5.91 Å². The van der Waals surface area contributed by atoms with E-state index in [2.05, 4.69) is 9.97 Å². The monoisotopic (exact) mass is 262 g/mol. The summed E-state index contributed by atoms with van der Waals surface area (Å²) in [4.78, 5) is 27.1. The molecule has 0 aromatic carbocycles. The van der Waals surface area contributed by atoms with Crippen molar-refractivity contribution in [3.8, 4) is 0 Å². The first-order chi connectivity index (χ1) is 7.83. The number of aromatic nitrogens is 2. The highest BCUT2D eigenvalue weighted by atomic mass is 32.2. The van der Waals surface area contributed by atoms with Crippen molar-refractivity contribution in [2.24, 2.45) is 5.73 Å². The largest absolute Gasteiger partial charge is 0.480 e. The standard InChI is InChI=1S/C7H10N4O5S/c8-5(12)1-4(7(13)14)11-17(15,16)6-2-9-3-10-6/h2-4,11H,1H2,(H2,8,12)(H,9,10)(H,13,14)/t4-/m0/s1. The maximum Gasteiger partial charge on any atom is 0.322 e. The Morgan fingerprint density at radius 2 is 2.24 bits per heavy atom. The van der Waals surface area contributed by atoms with Crippen molar-refractivity contribution >= 4 is 21.9 Å².